The van der Waals surface area contributed by atoms with Gasteiger partial charge in [-0.3, -0.25) is 0 Å². The average Bonchev–Trinajstić information content (AvgIpc) is 2.80. The van der Waals surface area contributed by atoms with E-state index < -0.39 is 0 Å². The zero-order chi connectivity index (χ0) is 21.7. The smallest absolute Gasteiger partial charge is 0.213 e. The molecule has 0 radical (unpaired) electrons. The van der Waals surface area contributed by atoms with Crippen molar-refractivity contribution < 1.29 is 9.47 Å². The van der Waals surface area contributed by atoms with Gasteiger partial charge in [0.05, 0.1) is 24.6 Å². The van der Waals surface area contributed by atoms with Crippen LogP contribution in [-0.2, 0) is 12.8 Å². The molecule has 1 aliphatic rings. The first-order valence-corrected chi connectivity index (χ1v) is 12.6. The van der Waals surface area contributed by atoms with Crippen LogP contribution < -0.4 is 9.47 Å². The van der Waals surface area contributed by atoms with Gasteiger partial charge in [-0.05, 0) is 37.8 Å². The summed E-state index contributed by atoms with van der Waals surface area (Å²) in [6.45, 7) is 6.01. The Morgan fingerprint density at radius 1 is 0.581 bits per heavy atom. The van der Waals surface area contributed by atoms with Crippen molar-refractivity contribution in [1.29, 1.82) is 0 Å². The Morgan fingerprint density at radius 3 is 1.45 bits per heavy atom. The van der Waals surface area contributed by atoms with Gasteiger partial charge in [0.1, 0.15) is 0 Å². The molecule has 31 heavy (non-hydrogen) atoms. The topological polar surface area (TPSA) is 44.2 Å². The largest absolute Gasteiger partial charge is 0.478 e. The summed E-state index contributed by atoms with van der Waals surface area (Å²) in [7, 11) is 0. The fourth-order valence-electron chi connectivity index (χ4n) is 4.17. The van der Waals surface area contributed by atoms with Crippen molar-refractivity contribution >= 4 is 0 Å². The van der Waals surface area contributed by atoms with Crippen LogP contribution >= 0.6 is 0 Å². The zero-order valence-electron chi connectivity index (χ0n) is 19.6. The van der Waals surface area contributed by atoms with Gasteiger partial charge in [-0.2, -0.15) is 0 Å². The number of ether oxygens (including phenoxy) is 2. The van der Waals surface area contributed by atoms with Gasteiger partial charge in [-0.15, -0.1) is 0 Å². The molecule has 0 aromatic carbocycles. The lowest BCUT2D eigenvalue weighted by Crippen LogP contribution is -2.10. The van der Waals surface area contributed by atoms with Gasteiger partial charge in [0.15, 0.2) is 0 Å². The molecular weight excluding hydrogens is 384 g/mol. The van der Waals surface area contributed by atoms with E-state index in [9.17, 15) is 0 Å². The van der Waals surface area contributed by atoms with E-state index in [0.29, 0.717) is 0 Å². The Morgan fingerprint density at radius 2 is 1.00 bits per heavy atom. The highest BCUT2D eigenvalue weighted by Gasteiger charge is 2.19. The van der Waals surface area contributed by atoms with E-state index >= 15 is 0 Å². The molecule has 1 aliphatic carbocycles. The molecule has 4 nitrogen and oxygen atoms in total. The number of unbranched alkanes of at least 4 members (excludes halogenated alkanes) is 9. The predicted molar refractivity (Wildman–Crippen MR) is 128 cm³/mol. The fourth-order valence-corrected chi connectivity index (χ4v) is 4.17. The number of rotatable bonds is 15. The summed E-state index contributed by atoms with van der Waals surface area (Å²) in [4.78, 5) is 9.56. The lowest BCUT2D eigenvalue weighted by atomic mass is 9.92. The van der Waals surface area contributed by atoms with Gasteiger partial charge in [-0.1, -0.05) is 71.6 Å². The van der Waals surface area contributed by atoms with E-state index in [4.69, 9.17) is 19.4 Å². The lowest BCUT2D eigenvalue weighted by Gasteiger charge is -2.19. The van der Waals surface area contributed by atoms with Crippen LogP contribution in [0.25, 0.3) is 11.1 Å². The van der Waals surface area contributed by atoms with Crippen molar-refractivity contribution in [2.24, 2.45) is 0 Å². The van der Waals surface area contributed by atoms with Crippen molar-refractivity contribution in [3.8, 4) is 22.9 Å². The first-order chi connectivity index (χ1) is 15.3. The number of pyridine rings is 2. The Labute approximate surface area is 188 Å². The van der Waals surface area contributed by atoms with E-state index in [2.05, 4.69) is 26.0 Å². The maximum Gasteiger partial charge on any atom is 0.213 e. The summed E-state index contributed by atoms with van der Waals surface area (Å²) in [5, 5.41) is 0. The Balaban J connectivity index is 1.48. The molecule has 4 heteroatoms. The van der Waals surface area contributed by atoms with Crippen LogP contribution in [-0.4, -0.2) is 23.2 Å². The number of aromatic nitrogens is 2. The minimum absolute atomic E-state index is 0.754. The zero-order valence-corrected chi connectivity index (χ0v) is 19.6. The van der Waals surface area contributed by atoms with Crippen LogP contribution in [0.1, 0.15) is 95.9 Å². The second kappa shape index (κ2) is 13.3. The van der Waals surface area contributed by atoms with Gasteiger partial charge in [0.25, 0.3) is 0 Å². The van der Waals surface area contributed by atoms with Crippen LogP contribution in [0, 0.1) is 0 Å². The molecule has 170 valence electrons. The third-order valence-electron chi connectivity index (χ3n) is 6.03. The highest BCUT2D eigenvalue weighted by Crippen LogP contribution is 2.34. The van der Waals surface area contributed by atoms with Crippen LogP contribution in [0.15, 0.2) is 24.3 Å². The normalized spacial score (nSPS) is 12.3. The molecule has 0 amide bonds. The standard InChI is InChI=1S/C27H40N2O2/c1-3-5-7-9-11-13-21-31-27-19-15-23-22-14-18-26(30-20-12-10-8-6-4-2)28-24(22)16-17-25(23)29-27/h14-15,18-19H,3-13,16-17,20-21H2,1-2H3. The van der Waals surface area contributed by atoms with Crippen molar-refractivity contribution in [1.82, 2.24) is 9.97 Å². The van der Waals surface area contributed by atoms with E-state index in [1.165, 1.54) is 68.9 Å². The third-order valence-corrected chi connectivity index (χ3v) is 6.03. The van der Waals surface area contributed by atoms with Gasteiger partial charge in [0, 0.05) is 23.3 Å². The molecule has 0 aliphatic heterocycles. The van der Waals surface area contributed by atoms with Gasteiger partial charge >= 0.3 is 0 Å². The molecule has 2 aromatic heterocycles. The minimum Gasteiger partial charge on any atom is -0.478 e. The van der Waals surface area contributed by atoms with Crippen LogP contribution in [0.4, 0.5) is 0 Å². The Hall–Kier alpha value is -2.10. The summed E-state index contributed by atoms with van der Waals surface area (Å²) in [5.41, 5.74) is 4.62. The molecule has 0 bridgehead atoms. The van der Waals surface area contributed by atoms with Crippen molar-refractivity contribution in [3.63, 3.8) is 0 Å². The molecular formula is C27H40N2O2. The highest BCUT2D eigenvalue weighted by molar-refractivity contribution is 5.71. The number of aryl methyl sites for hydroxylation is 2. The second-order valence-electron chi connectivity index (χ2n) is 8.67. The van der Waals surface area contributed by atoms with Gasteiger partial charge in [-0.25, -0.2) is 9.97 Å². The molecule has 0 fully saturated rings. The summed E-state index contributed by atoms with van der Waals surface area (Å²) in [5.74, 6) is 1.51. The molecule has 0 atom stereocenters. The van der Waals surface area contributed by atoms with Crippen molar-refractivity contribution in [2.45, 2.75) is 97.3 Å². The maximum absolute atomic E-state index is 5.92. The van der Waals surface area contributed by atoms with Gasteiger partial charge < -0.3 is 9.47 Å². The fraction of sp³-hybridized carbons (Fsp3) is 0.630. The molecule has 2 heterocycles. The quantitative estimate of drug-likeness (QED) is 0.281. The molecule has 0 unspecified atom stereocenters. The minimum atomic E-state index is 0.754. The summed E-state index contributed by atoms with van der Waals surface area (Å²) in [6.07, 6.45) is 15.7. The average molecular weight is 425 g/mol. The number of fused-ring (bicyclic) bond motifs is 3. The van der Waals surface area contributed by atoms with Crippen LogP contribution in [0.3, 0.4) is 0 Å². The summed E-state index contributed by atoms with van der Waals surface area (Å²) in [6, 6.07) is 8.30. The van der Waals surface area contributed by atoms with Crippen LogP contribution in [0.2, 0.25) is 0 Å². The molecule has 0 spiro atoms. The first kappa shape index (κ1) is 23.6. The van der Waals surface area contributed by atoms with E-state index in [1.54, 1.807) is 0 Å². The third kappa shape index (κ3) is 7.52. The monoisotopic (exact) mass is 424 g/mol. The number of hydrogen-bond acceptors (Lipinski definition) is 4. The lowest BCUT2D eigenvalue weighted by molar-refractivity contribution is 0.291. The number of nitrogens with zero attached hydrogens (tertiary/aromatic N) is 2. The van der Waals surface area contributed by atoms with E-state index in [0.717, 1.165) is 62.0 Å². The van der Waals surface area contributed by atoms with Crippen LogP contribution in [0.5, 0.6) is 11.8 Å². The van der Waals surface area contributed by atoms with Crippen molar-refractivity contribution in [2.75, 3.05) is 13.2 Å². The van der Waals surface area contributed by atoms with Crippen molar-refractivity contribution in [3.05, 3.63) is 35.7 Å². The second-order valence-corrected chi connectivity index (χ2v) is 8.67. The highest BCUT2D eigenvalue weighted by atomic mass is 16.5. The summed E-state index contributed by atoms with van der Waals surface area (Å²) < 4.78 is 11.8. The molecule has 3 rings (SSSR count). The summed E-state index contributed by atoms with van der Waals surface area (Å²) >= 11 is 0. The van der Waals surface area contributed by atoms with E-state index in [1.807, 2.05) is 12.1 Å². The maximum atomic E-state index is 5.92. The number of hydrogen-bond donors (Lipinski definition) is 0. The first-order valence-electron chi connectivity index (χ1n) is 12.6. The molecule has 0 N–H and O–H groups in total. The molecule has 0 saturated heterocycles. The Bertz CT molecular complexity index is 791. The molecule has 2 aromatic rings. The predicted octanol–water partition coefficient (Wildman–Crippen LogP) is 7.33. The van der Waals surface area contributed by atoms with E-state index in [-0.39, 0.29) is 0 Å². The Kier molecular flexibility index (Phi) is 10.1. The molecule has 0 saturated carbocycles. The van der Waals surface area contributed by atoms with Gasteiger partial charge in [0.2, 0.25) is 11.8 Å². The SMILES string of the molecule is CCCCCCCCOc1ccc2c(n1)CCc1nc(OCCCCCCC)ccc1-2.